The quantitative estimate of drug-likeness (QED) is 0.495. The summed E-state index contributed by atoms with van der Waals surface area (Å²) >= 11 is 0. The first-order chi connectivity index (χ1) is 14.7. The van der Waals surface area contributed by atoms with E-state index >= 15 is 0 Å². The van der Waals surface area contributed by atoms with Crippen LogP contribution >= 0.6 is 0 Å². The highest BCUT2D eigenvalue weighted by molar-refractivity contribution is 5.94. The van der Waals surface area contributed by atoms with E-state index in [0.29, 0.717) is 24.5 Å². The molecule has 1 aromatic heterocycles. The number of aromatic nitrogens is 2. The van der Waals surface area contributed by atoms with Gasteiger partial charge in [0.05, 0.1) is 11.9 Å². The van der Waals surface area contributed by atoms with E-state index < -0.39 is 0 Å². The molecule has 0 spiro atoms. The Bertz CT molecular complexity index is 1120. The van der Waals surface area contributed by atoms with Gasteiger partial charge in [0.15, 0.2) is 0 Å². The van der Waals surface area contributed by atoms with Crippen LogP contribution in [-0.4, -0.2) is 15.7 Å². The third kappa shape index (κ3) is 4.91. The fraction of sp³-hybridized carbons (Fsp3) is 0.0833. The highest BCUT2D eigenvalue weighted by atomic mass is 19.1. The van der Waals surface area contributed by atoms with Gasteiger partial charge in [-0.1, -0.05) is 36.4 Å². The summed E-state index contributed by atoms with van der Waals surface area (Å²) in [7, 11) is 0. The standard InChI is InChI=1S/C24H20FN3O2/c25-21-11-9-18(10-12-21)17-30-23-8-4-5-20(13-23)24(29)26-14-19-15-27-28(16-19)22-6-2-1-3-7-22/h1-13,15-16H,14,17H2,(H,26,29). The smallest absolute Gasteiger partial charge is 0.251 e. The second-order valence-electron chi connectivity index (χ2n) is 6.75. The van der Waals surface area contributed by atoms with E-state index in [1.165, 1.54) is 12.1 Å². The lowest BCUT2D eigenvalue weighted by Crippen LogP contribution is -2.22. The Morgan fingerprint density at radius 2 is 1.77 bits per heavy atom. The minimum atomic E-state index is -0.285. The molecule has 1 amide bonds. The number of carbonyl (C=O) groups is 1. The maximum atomic E-state index is 13.0. The number of hydrogen-bond donors (Lipinski definition) is 1. The fourth-order valence-corrected chi connectivity index (χ4v) is 2.93. The first kappa shape index (κ1) is 19.4. The van der Waals surface area contributed by atoms with E-state index in [2.05, 4.69) is 10.4 Å². The lowest BCUT2D eigenvalue weighted by Gasteiger charge is -2.09. The zero-order valence-corrected chi connectivity index (χ0v) is 16.2. The van der Waals surface area contributed by atoms with E-state index in [4.69, 9.17) is 4.74 Å². The number of carbonyl (C=O) groups excluding carboxylic acids is 1. The maximum absolute atomic E-state index is 13.0. The van der Waals surface area contributed by atoms with Crippen molar-refractivity contribution < 1.29 is 13.9 Å². The highest BCUT2D eigenvalue weighted by Crippen LogP contribution is 2.16. The normalized spacial score (nSPS) is 10.6. The molecule has 0 atom stereocenters. The average Bonchev–Trinajstić information content (AvgIpc) is 3.27. The van der Waals surface area contributed by atoms with Crippen LogP contribution in [0.2, 0.25) is 0 Å². The molecule has 5 nitrogen and oxygen atoms in total. The first-order valence-corrected chi connectivity index (χ1v) is 9.52. The number of amides is 1. The van der Waals surface area contributed by atoms with Gasteiger partial charge in [-0.3, -0.25) is 4.79 Å². The molecule has 0 fully saturated rings. The Morgan fingerprint density at radius 3 is 2.57 bits per heavy atom. The van der Waals surface area contributed by atoms with Crippen LogP contribution < -0.4 is 10.1 Å². The third-order valence-electron chi connectivity index (χ3n) is 4.52. The molecule has 4 rings (SSSR count). The van der Waals surface area contributed by atoms with Gasteiger partial charge in [-0.05, 0) is 48.0 Å². The van der Waals surface area contributed by atoms with E-state index in [9.17, 15) is 9.18 Å². The van der Waals surface area contributed by atoms with E-state index in [1.54, 1.807) is 47.3 Å². The number of nitrogens with one attached hydrogen (secondary N) is 1. The highest BCUT2D eigenvalue weighted by Gasteiger charge is 2.08. The molecule has 6 heteroatoms. The molecule has 0 saturated carbocycles. The second-order valence-corrected chi connectivity index (χ2v) is 6.75. The lowest BCUT2D eigenvalue weighted by molar-refractivity contribution is 0.0950. The molecule has 0 aliphatic heterocycles. The van der Waals surface area contributed by atoms with Crippen molar-refractivity contribution in [2.45, 2.75) is 13.2 Å². The summed E-state index contributed by atoms with van der Waals surface area (Å²) in [5.74, 6) is 0.0882. The molecule has 1 N–H and O–H groups in total. The summed E-state index contributed by atoms with van der Waals surface area (Å²) < 4.78 is 20.5. The Kier molecular flexibility index (Phi) is 5.85. The molecule has 30 heavy (non-hydrogen) atoms. The Hall–Kier alpha value is -3.93. The summed E-state index contributed by atoms with van der Waals surface area (Å²) in [6, 6.07) is 22.9. The van der Waals surface area contributed by atoms with Gasteiger partial charge in [0, 0.05) is 23.9 Å². The SMILES string of the molecule is O=C(NCc1cnn(-c2ccccc2)c1)c1cccc(OCc2ccc(F)cc2)c1. The number of nitrogens with zero attached hydrogens (tertiary/aromatic N) is 2. The number of para-hydroxylation sites is 1. The van der Waals surface area contributed by atoms with Crippen LogP contribution in [-0.2, 0) is 13.2 Å². The maximum Gasteiger partial charge on any atom is 0.251 e. The van der Waals surface area contributed by atoms with E-state index in [-0.39, 0.29) is 11.7 Å². The first-order valence-electron chi connectivity index (χ1n) is 9.52. The van der Waals surface area contributed by atoms with Crippen LogP contribution in [0.3, 0.4) is 0 Å². The van der Waals surface area contributed by atoms with Gasteiger partial charge >= 0.3 is 0 Å². The van der Waals surface area contributed by atoms with Gasteiger partial charge in [-0.2, -0.15) is 5.10 Å². The topological polar surface area (TPSA) is 56.2 Å². The molecular weight excluding hydrogens is 381 g/mol. The predicted molar refractivity (Wildman–Crippen MR) is 112 cm³/mol. The van der Waals surface area contributed by atoms with Gasteiger partial charge in [0.2, 0.25) is 0 Å². The van der Waals surface area contributed by atoms with E-state index in [0.717, 1.165) is 16.8 Å². The summed E-state index contributed by atoms with van der Waals surface area (Å²) in [6.07, 6.45) is 3.62. The monoisotopic (exact) mass is 401 g/mol. The van der Waals surface area contributed by atoms with Crippen molar-refractivity contribution >= 4 is 5.91 Å². The number of hydrogen-bond acceptors (Lipinski definition) is 3. The van der Waals surface area contributed by atoms with Crippen LogP contribution in [0.4, 0.5) is 4.39 Å². The molecular formula is C24H20FN3O2. The van der Waals surface area contributed by atoms with Crippen LogP contribution in [0.25, 0.3) is 5.69 Å². The van der Waals surface area contributed by atoms with E-state index in [1.807, 2.05) is 36.5 Å². The van der Waals surface area contributed by atoms with Crippen molar-refractivity contribution in [1.82, 2.24) is 15.1 Å². The second kappa shape index (κ2) is 9.05. The molecule has 0 unspecified atom stereocenters. The van der Waals surface area contributed by atoms with Crippen LogP contribution in [0, 0.1) is 5.82 Å². The number of benzene rings is 3. The zero-order chi connectivity index (χ0) is 20.8. The lowest BCUT2D eigenvalue weighted by atomic mass is 10.2. The Labute approximate surface area is 173 Å². The van der Waals surface area contributed by atoms with Crippen molar-refractivity contribution in [3.05, 3.63) is 114 Å². The van der Waals surface area contributed by atoms with Gasteiger partial charge < -0.3 is 10.1 Å². The van der Waals surface area contributed by atoms with Gasteiger partial charge in [0.25, 0.3) is 5.91 Å². The number of ether oxygens (including phenoxy) is 1. The summed E-state index contributed by atoms with van der Waals surface area (Å²) in [5, 5.41) is 7.23. The average molecular weight is 401 g/mol. The molecule has 0 bridgehead atoms. The van der Waals surface area contributed by atoms with Crippen molar-refractivity contribution in [2.24, 2.45) is 0 Å². The Morgan fingerprint density at radius 1 is 0.967 bits per heavy atom. The zero-order valence-electron chi connectivity index (χ0n) is 16.2. The molecule has 0 radical (unpaired) electrons. The summed E-state index contributed by atoms with van der Waals surface area (Å²) in [4.78, 5) is 12.5. The number of rotatable bonds is 7. The molecule has 4 aromatic rings. The molecule has 150 valence electrons. The van der Waals surface area contributed by atoms with Crippen LogP contribution in [0.5, 0.6) is 5.75 Å². The fourth-order valence-electron chi connectivity index (χ4n) is 2.93. The summed E-state index contributed by atoms with van der Waals surface area (Å²) in [5.41, 5.74) is 3.21. The van der Waals surface area contributed by atoms with Crippen molar-refractivity contribution in [3.63, 3.8) is 0 Å². The molecule has 0 aliphatic rings. The summed E-state index contributed by atoms with van der Waals surface area (Å²) in [6.45, 7) is 0.663. The van der Waals surface area contributed by atoms with Crippen LogP contribution in [0.1, 0.15) is 21.5 Å². The van der Waals surface area contributed by atoms with Crippen molar-refractivity contribution in [3.8, 4) is 11.4 Å². The molecule has 1 heterocycles. The van der Waals surface area contributed by atoms with Gasteiger partial charge in [-0.15, -0.1) is 0 Å². The van der Waals surface area contributed by atoms with Gasteiger partial charge in [0.1, 0.15) is 18.2 Å². The molecule has 3 aromatic carbocycles. The molecule has 0 aliphatic carbocycles. The van der Waals surface area contributed by atoms with Crippen LogP contribution in [0.15, 0.2) is 91.3 Å². The largest absolute Gasteiger partial charge is 0.489 e. The minimum Gasteiger partial charge on any atom is -0.489 e. The number of halogens is 1. The van der Waals surface area contributed by atoms with Gasteiger partial charge in [-0.25, -0.2) is 9.07 Å². The minimum absolute atomic E-state index is 0.199. The molecule has 0 saturated heterocycles. The third-order valence-corrected chi connectivity index (χ3v) is 4.52. The van der Waals surface area contributed by atoms with Crippen molar-refractivity contribution in [2.75, 3.05) is 0 Å². The Balaban J connectivity index is 1.34. The van der Waals surface area contributed by atoms with Crippen molar-refractivity contribution in [1.29, 1.82) is 0 Å². The predicted octanol–water partition coefficient (Wildman–Crippen LogP) is 4.52.